The molecule has 0 amide bonds. The first-order valence-electron chi connectivity index (χ1n) is 5.86. The normalized spacial score (nSPS) is 22.2. The summed E-state index contributed by atoms with van der Waals surface area (Å²) in [4.78, 5) is 1.31. The number of rotatable bonds is 3. The Morgan fingerprint density at radius 2 is 2.24 bits per heavy atom. The average molecular weight is 263 g/mol. The Morgan fingerprint density at radius 3 is 2.94 bits per heavy atom. The van der Waals surface area contributed by atoms with Gasteiger partial charge >= 0.3 is 6.18 Å². The van der Waals surface area contributed by atoms with Crippen molar-refractivity contribution in [1.82, 2.24) is 0 Å². The molecule has 0 aromatic carbocycles. The van der Waals surface area contributed by atoms with Gasteiger partial charge in [0.2, 0.25) is 0 Å². The standard InChI is InChI=1S/C12H16F3NS/c13-12(14,15)6-4-10(16)8-2-1-3-11-9(8)5-7-17-11/h5,7-8,10H,1-4,6,16H2. The lowest BCUT2D eigenvalue weighted by molar-refractivity contribution is -0.136. The molecule has 2 atom stereocenters. The van der Waals surface area contributed by atoms with E-state index >= 15 is 0 Å². The van der Waals surface area contributed by atoms with E-state index in [4.69, 9.17) is 5.73 Å². The van der Waals surface area contributed by atoms with Gasteiger partial charge in [-0.3, -0.25) is 0 Å². The van der Waals surface area contributed by atoms with Crippen LogP contribution in [0.2, 0.25) is 0 Å². The van der Waals surface area contributed by atoms with E-state index in [2.05, 4.69) is 0 Å². The minimum atomic E-state index is -4.09. The predicted molar refractivity (Wildman–Crippen MR) is 63.3 cm³/mol. The van der Waals surface area contributed by atoms with Crippen LogP contribution in [0.3, 0.4) is 0 Å². The van der Waals surface area contributed by atoms with Gasteiger partial charge in [0, 0.05) is 23.3 Å². The second-order valence-electron chi connectivity index (χ2n) is 4.62. The number of aryl methyl sites for hydroxylation is 1. The van der Waals surface area contributed by atoms with E-state index < -0.39 is 12.6 Å². The van der Waals surface area contributed by atoms with Crippen LogP contribution in [0.25, 0.3) is 0 Å². The Hall–Kier alpha value is -0.550. The highest BCUT2D eigenvalue weighted by atomic mass is 32.1. The van der Waals surface area contributed by atoms with Crippen LogP contribution in [0.1, 0.15) is 42.0 Å². The van der Waals surface area contributed by atoms with Crippen LogP contribution in [0.4, 0.5) is 13.2 Å². The summed E-state index contributed by atoms with van der Waals surface area (Å²) in [7, 11) is 0. The molecule has 0 aliphatic heterocycles. The van der Waals surface area contributed by atoms with Crippen LogP contribution in [0.15, 0.2) is 11.4 Å². The Morgan fingerprint density at radius 1 is 1.47 bits per heavy atom. The first kappa shape index (κ1) is 12.9. The maximum Gasteiger partial charge on any atom is 0.389 e. The number of hydrogen-bond donors (Lipinski definition) is 1. The highest BCUT2D eigenvalue weighted by molar-refractivity contribution is 7.10. The predicted octanol–water partition coefficient (Wildman–Crippen LogP) is 3.84. The molecule has 2 N–H and O–H groups in total. The summed E-state index contributed by atoms with van der Waals surface area (Å²) >= 11 is 1.69. The molecule has 17 heavy (non-hydrogen) atoms. The Labute approximate surface area is 103 Å². The number of hydrogen-bond acceptors (Lipinski definition) is 2. The van der Waals surface area contributed by atoms with Gasteiger partial charge in [0.25, 0.3) is 0 Å². The first-order valence-corrected chi connectivity index (χ1v) is 6.74. The van der Waals surface area contributed by atoms with E-state index in [0.29, 0.717) is 0 Å². The maximum atomic E-state index is 12.2. The third-order valence-electron chi connectivity index (χ3n) is 3.38. The molecule has 2 unspecified atom stereocenters. The number of nitrogens with two attached hydrogens (primary N) is 1. The average Bonchev–Trinajstić information content (AvgIpc) is 2.72. The third-order valence-corrected chi connectivity index (χ3v) is 4.37. The number of alkyl halides is 3. The lowest BCUT2D eigenvalue weighted by Gasteiger charge is -2.28. The first-order chi connectivity index (χ1) is 7.97. The summed E-state index contributed by atoms with van der Waals surface area (Å²) in [6.45, 7) is 0. The summed E-state index contributed by atoms with van der Waals surface area (Å²) in [6.07, 6.45) is -1.83. The van der Waals surface area contributed by atoms with Crippen LogP contribution in [0.5, 0.6) is 0 Å². The highest BCUT2D eigenvalue weighted by Crippen LogP contribution is 2.38. The van der Waals surface area contributed by atoms with Crippen molar-refractivity contribution in [2.75, 3.05) is 0 Å². The van der Waals surface area contributed by atoms with E-state index in [1.807, 2.05) is 11.4 Å². The van der Waals surface area contributed by atoms with Crippen molar-refractivity contribution in [3.8, 4) is 0 Å². The minimum absolute atomic E-state index is 0.0312. The van der Waals surface area contributed by atoms with Gasteiger partial charge in [-0.1, -0.05) is 0 Å². The van der Waals surface area contributed by atoms with Gasteiger partial charge in [0.1, 0.15) is 0 Å². The van der Waals surface area contributed by atoms with Crippen molar-refractivity contribution in [2.24, 2.45) is 5.73 Å². The van der Waals surface area contributed by atoms with Gasteiger partial charge in [0.05, 0.1) is 0 Å². The summed E-state index contributed by atoms with van der Waals surface area (Å²) < 4.78 is 36.5. The monoisotopic (exact) mass is 263 g/mol. The van der Waals surface area contributed by atoms with E-state index in [1.165, 1.54) is 10.4 Å². The molecule has 0 radical (unpaired) electrons. The quantitative estimate of drug-likeness (QED) is 0.881. The van der Waals surface area contributed by atoms with Gasteiger partial charge in [-0.25, -0.2) is 0 Å². The number of thiophene rings is 1. The molecule has 0 saturated heterocycles. The van der Waals surface area contributed by atoms with Gasteiger partial charge < -0.3 is 5.73 Å². The number of fused-ring (bicyclic) bond motifs is 1. The zero-order valence-electron chi connectivity index (χ0n) is 9.46. The van der Waals surface area contributed by atoms with Gasteiger partial charge in [-0.2, -0.15) is 13.2 Å². The molecular formula is C12H16F3NS. The molecule has 1 nitrogen and oxygen atoms in total. The van der Waals surface area contributed by atoms with Gasteiger partial charge in [-0.05, 0) is 42.7 Å². The zero-order valence-corrected chi connectivity index (χ0v) is 10.3. The topological polar surface area (TPSA) is 26.0 Å². The van der Waals surface area contributed by atoms with Crippen LogP contribution in [-0.2, 0) is 6.42 Å². The van der Waals surface area contributed by atoms with Crippen LogP contribution in [-0.4, -0.2) is 12.2 Å². The van der Waals surface area contributed by atoms with Crippen molar-refractivity contribution in [3.63, 3.8) is 0 Å². The largest absolute Gasteiger partial charge is 0.389 e. The molecule has 1 aromatic rings. The van der Waals surface area contributed by atoms with E-state index in [-0.39, 0.29) is 18.4 Å². The SMILES string of the molecule is NC(CCC(F)(F)F)C1CCCc2sccc21. The summed E-state index contributed by atoms with van der Waals surface area (Å²) in [6, 6.07) is 1.65. The second-order valence-corrected chi connectivity index (χ2v) is 5.62. The van der Waals surface area contributed by atoms with Crippen LogP contribution >= 0.6 is 11.3 Å². The molecule has 5 heteroatoms. The van der Waals surface area contributed by atoms with Crippen LogP contribution < -0.4 is 5.73 Å². The molecule has 0 spiro atoms. The van der Waals surface area contributed by atoms with Crippen LogP contribution in [0, 0.1) is 0 Å². The van der Waals surface area contributed by atoms with Gasteiger partial charge in [-0.15, -0.1) is 11.3 Å². The minimum Gasteiger partial charge on any atom is -0.327 e. The Bertz CT molecular complexity index is 372. The highest BCUT2D eigenvalue weighted by Gasteiger charge is 2.31. The molecule has 96 valence electrons. The maximum absolute atomic E-state index is 12.2. The molecule has 0 fully saturated rings. The van der Waals surface area contributed by atoms with E-state index in [9.17, 15) is 13.2 Å². The number of halogens is 3. The molecule has 1 aliphatic carbocycles. The lowest BCUT2D eigenvalue weighted by Crippen LogP contribution is -2.31. The second kappa shape index (κ2) is 4.98. The molecule has 0 saturated carbocycles. The van der Waals surface area contributed by atoms with Crippen molar-refractivity contribution < 1.29 is 13.2 Å². The molecule has 1 aliphatic rings. The molecule has 2 rings (SSSR count). The summed E-state index contributed by atoms with van der Waals surface area (Å²) in [5.41, 5.74) is 7.12. The fraction of sp³-hybridized carbons (Fsp3) is 0.667. The molecular weight excluding hydrogens is 247 g/mol. The van der Waals surface area contributed by atoms with Crippen molar-refractivity contribution in [1.29, 1.82) is 0 Å². The fourth-order valence-corrected chi connectivity index (χ4v) is 3.49. The summed E-state index contributed by atoms with van der Waals surface area (Å²) in [5, 5.41) is 2.01. The van der Waals surface area contributed by atoms with Crippen molar-refractivity contribution in [3.05, 3.63) is 21.9 Å². The van der Waals surface area contributed by atoms with E-state index in [0.717, 1.165) is 19.3 Å². The third kappa shape index (κ3) is 3.22. The molecule has 0 bridgehead atoms. The van der Waals surface area contributed by atoms with E-state index in [1.54, 1.807) is 11.3 Å². The summed E-state index contributed by atoms with van der Waals surface area (Å²) in [5.74, 6) is 0.118. The fourth-order valence-electron chi connectivity index (χ4n) is 2.50. The van der Waals surface area contributed by atoms with Crippen molar-refractivity contribution >= 4 is 11.3 Å². The Kier molecular flexibility index (Phi) is 3.78. The lowest BCUT2D eigenvalue weighted by atomic mass is 9.81. The molecule has 1 aromatic heterocycles. The Balaban J connectivity index is 2.00. The smallest absolute Gasteiger partial charge is 0.327 e. The van der Waals surface area contributed by atoms with Crippen molar-refractivity contribution in [2.45, 2.75) is 50.2 Å². The zero-order chi connectivity index (χ0) is 12.5. The molecule has 1 heterocycles. The van der Waals surface area contributed by atoms with Gasteiger partial charge in [0.15, 0.2) is 0 Å².